The fraction of sp³-hybridized carbons (Fsp3) is 0.500. The van der Waals surface area contributed by atoms with Crippen molar-refractivity contribution in [3.63, 3.8) is 0 Å². The maximum atomic E-state index is 12.4. The van der Waals surface area contributed by atoms with Gasteiger partial charge in [0.15, 0.2) is 0 Å². The van der Waals surface area contributed by atoms with Crippen LogP contribution in [0.2, 0.25) is 0 Å². The van der Waals surface area contributed by atoms with E-state index in [0.29, 0.717) is 12.1 Å². The molecule has 0 saturated carbocycles. The van der Waals surface area contributed by atoms with Gasteiger partial charge in [0.2, 0.25) is 0 Å². The molecule has 4 nitrogen and oxygen atoms in total. The van der Waals surface area contributed by atoms with Gasteiger partial charge in [-0.3, -0.25) is 4.79 Å². The molecule has 1 saturated heterocycles. The lowest BCUT2D eigenvalue weighted by Gasteiger charge is -2.34. The number of hydrogen-bond donors (Lipinski definition) is 2. The lowest BCUT2D eigenvalue weighted by Crippen LogP contribution is -2.45. The van der Waals surface area contributed by atoms with Crippen LogP contribution >= 0.6 is 0 Å². The molecule has 1 amide bonds. The summed E-state index contributed by atoms with van der Waals surface area (Å²) in [6.07, 6.45) is 2.99. The average molecular weight is 248 g/mol. The van der Waals surface area contributed by atoms with Crippen molar-refractivity contribution in [1.82, 2.24) is 4.90 Å². The van der Waals surface area contributed by atoms with Crippen molar-refractivity contribution in [2.24, 2.45) is 5.73 Å². The zero-order chi connectivity index (χ0) is 13.0. The highest BCUT2D eigenvalue weighted by atomic mass is 16.3. The van der Waals surface area contributed by atoms with Gasteiger partial charge < -0.3 is 15.7 Å². The Morgan fingerprint density at radius 1 is 1.33 bits per heavy atom. The molecule has 0 spiro atoms. The molecule has 2 rings (SSSR count). The molecule has 1 heterocycles. The van der Waals surface area contributed by atoms with Gasteiger partial charge in [-0.2, -0.15) is 0 Å². The first kappa shape index (κ1) is 13.1. The number of rotatable bonds is 3. The largest absolute Gasteiger partial charge is 0.394 e. The van der Waals surface area contributed by atoms with Gasteiger partial charge in [-0.05, 0) is 37.0 Å². The van der Waals surface area contributed by atoms with Crippen molar-refractivity contribution >= 4 is 5.91 Å². The minimum Gasteiger partial charge on any atom is -0.394 e. The summed E-state index contributed by atoms with van der Waals surface area (Å²) < 4.78 is 0. The third-order valence-corrected chi connectivity index (χ3v) is 3.54. The smallest absolute Gasteiger partial charge is 0.254 e. The standard InChI is InChI=1S/C14H20N2O2/c15-9-11-4-6-12(7-5-11)14(18)16-8-2-1-3-13(16)10-17/h4-7,13,17H,1-3,8-10,15H2. The van der Waals surface area contributed by atoms with E-state index >= 15 is 0 Å². The van der Waals surface area contributed by atoms with Gasteiger partial charge in [0.25, 0.3) is 5.91 Å². The summed E-state index contributed by atoms with van der Waals surface area (Å²) in [6, 6.07) is 7.36. The van der Waals surface area contributed by atoms with E-state index in [1.165, 1.54) is 0 Å². The molecule has 0 radical (unpaired) electrons. The topological polar surface area (TPSA) is 66.6 Å². The van der Waals surface area contributed by atoms with Crippen molar-refractivity contribution < 1.29 is 9.90 Å². The number of nitrogens with two attached hydrogens (primary N) is 1. The Balaban J connectivity index is 2.13. The van der Waals surface area contributed by atoms with Crippen LogP contribution in [0.1, 0.15) is 35.2 Å². The Morgan fingerprint density at radius 3 is 2.67 bits per heavy atom. The normalized spacial score (nSPS) is 19.9. The Kier molecular flexibility index (Phi) is 4.33. The number of aliphatic hydroxyl groups is 1. The minimum absolute atomic E-state index is 0.0114. The van der Waals surface area contributed by atoms with Gasteiger partial charge in [-0.15, -0.1) is 0 Å². The first-order valence-electron chi connectivity index (χ1n) is 6.47. The summed E-state index contributed by atoms with van der Waals surface area (Å²) in [5, 5.41) is 9.33. The molecule has 18 heavy (non-hydrogen) atoms. The van der Waals surface area contributed by atoms with Crippen LogP contribution in [0.4, 0.5) is 0 Å². The van der Waals surface area contributed by atoms with E-state index in [2.05, 4.69) is 0 Å². The zero-order valence-electron chi connectivity index (χ0n) is 10.5. The van der Waals surface area contributed by atoms with Crippen LogP contribution < -0.4 is 5.73 Å². The Labute approximate surface area is 107 Å². The van der Waals surface area contributed by atoms with Gasteiger partial charge in [-0.1, -0.05) is 12.1 Å². The van der Waals surface area contributed by atoms with E-state index < -0.39 is 0 Å². The predicted octanol–water partition coefficient (Wildman–Crippen LogP) is 1.13. The second-order valence-electron chi connectivity index (χ2n) is 4.73. The van der Waals surface area contributed by atoms with Gasteiger partial charge in [0, 0.05) is 18.7 Å². The number of nitrogens with zero attached hydrogens (tertiary/aromatic N) is 1. The predicted molar refractivity (Wildman–Crippen MR) is 70.1 cm³/mol. The first-order chi connectivity index (χ1) is 8.76. The molecule has 1 aliphatic heterocycles. The highest BCUT2D eigenvalue weighted by molar-refractivity contribution is 5.94. The quantitative estimate of drug-likeness (QED) is 0.842. The second kappa shape index (κ2) is 5.98. The lowest BCUT2D eigenvalue weighted by molar-refractivity contribution is 0.0503. The third-order valence-electron chi connectivity index (χ3n) is 3.54. The van der Waals surface area contributed by atoms with Gasteiger partial charge >= 0.3 is 0 Å². The third kappa shape index (κ3) is 2.71. The van der Waals surface area contributed by atoms with Gasteiger partial charge in [-0.25, -0.2) is 0 Å². The molecule has 1 unspecified atom stereocenters. The molecule has 4 heteroatoms. The van der Waals surface area contributed by atoms with Gasteiger partial charge in [0.05, 0.1) is 12.6 Å². The van der Waals surface area contributed by atoms with E-state index in [1.54, 1.807) is 4.90 Å². The number of hydrogen-bond acceptors (Lipinski definition) is 3. The van der Waals surface area contributed by atoms with Crippen LogP contribution in [0.15, 0.2) is 24.3 Å². The zero-order valence-corrected chi connectivity index (χ0v) is 10.5. The SMILES string of the molecule is NCc1ccc(C(=O)N2CCCCC2CO)cc1. The summed E-state index contributed by atoms with van der Waals surface area (Å²) in [4.78, 5) is 14.1. The Hall–Kier alpha value is -1.39. The number of amides is 1. The summed E-state index contributed by atoms with van der Waals surface area (Å²) in [6.45, 7) is 1.27. The highest BCUT2D eigenvalue weighted by Crippen LogP contribution is 2.19. The summed E-state index contributed by atoms with van der Waals surface area (Å²) in [5.41, 5.74) is 7.23. The monoisotopic (exact) mass is 248 g/mol. The van der Waals surface area contributed by atoms with Crippen LogP contribution in [0.25, 0.3) is 0 Å². The maximum absolute atomic E-state index is 12.4. The number of carbonyl (C=O) groups is 1. The van der Waals surface area contributed by atoms with Crippen LogP contribution in [-0.2, 0) is 6.54 Å². The van der Waals surface area contributed by atoms with Crippen molar-refractivity contribution in [3.8, 4) is 0 Å². The molecule has 1 atom stereocenters. The maximum Gasteiger partial charge on any atom is 0.254 e. The Morgan fingerprint density at radius 2 is 2.06 bits per heavy atom. The van der Waals surface area contributed by atoms with E-state index in [-0.39, 0.29) is 18.6 Å². The van der Waals surface area contributed by atoms with E-state index in [1.807, 2.05) is 24.3 Å². The molecule has 98 valence electrons. The molecule has 0 aliphatic carbocycles. The van der Waals surface area contributed by atoms with Crippen LogP contribution in [-0.4, -0.2) is 35.1 Å². The highest BCUT2D eigenvalue weighted by Gasteiger charge is 2.26. The molecule has 0 aromatic heterocycles. The molecule has 3 N–H and O–H groups in total. The molecule has 1 aromatic rings. The fourth-order valence-electron chi connectivity index (χ4n) is 2.41. The average Bonchev–Trinajstić information content (AvgIpc) is 2.46. The first-order valence-corrected chi connectivity index (χ1v) is 6.47. The number of carbonyl (C=O) groups excluding carboxylic acids is 1. The number of benzene rings is 1. The van der Waals surface area contributed by atoms with Crippen molar-refractivity contribution in [3.05, 3.63) is 35.4 Å². The molecule has 1 aromatic carbocycles. The molecular formula is C14H20N2O2. The second-order valence-corrected chi connectivity index (χ2v) is 4.73. The van der Waals surface area contributed by atoms with E-state index in [9.17, 15) is 9.90 Å². The van der Waals surface area contributed by atoms with Crippen molar-refractivity contribution in [1.29, 1.82) is 0 Å². The van der Waals surface area contributed by atoms with Crippen molar-refractivity contribution in [2.75, 3.05) is 13.2 Å². The number of aliphatic hydroxyl groups excluding tert-OH is 1. The van der Waals surface area contributed by atoms with Crippen LogP contribution in [0.3, 0.4) is 0 Å². The Bertz CT molecular complexity index is 403. The number of piperidine rings is 1. The van der Waals surface area contributed by atoms with E-state index in [0.717, 1.165) is 31.4 Å². The van der Waals surface area contributed by atoms with Crippen LogP contribution in [0.5, 0.6) is 0 Å². The summed E-state index contributed by atoms with van der Waals surface area (Å²) in [5.74, 6) is 0.0114. The molecule has 1 aliphatic rings. The summed E-state index contributed by atoms with van der Waals surface area (Å²) >= 11 is 0. The summed E-state index contributed by atoms with van der Waals surface area (Å²) in [7, 11) is 0. The van der Waals surface area contributed by atoms with Crippen LogP contribution in [0, 0.1) is 0 Å². The fourth-order valence-corrected chi connectivity index (χ4v) is 2.41. The molecular weight excluding hydrogens is 228 g/mol. The molecule has 0 bridgehead atoms. The minimum atomic E-state index is -0.0274. The lowest BCUT2D eigenvalue weighted by atomic mass is 10.0. The van der Waals surface area contributed by atoms with Gasteiger partial charge in [0.1, 0.15) is 0 Å². The van der Waals surface area contributed by atoms with Crippen molar-refractivity contribution in [2.45, 2.75) is 31.8 Å². The van der Waals surface area contributed by atoms with E-state index in [4.69, 9.17) is 5.73 Å². The number of likely N-dealkylation sites (tertiary alicyclic amines) is 1. The molecule has 1 fully saturated rings.